The van der Waals surface area contributed by atoms with Crippen LogP contribution < -0.4 is 10.3 Å². The Morgan fingerprint density at radius 3 is 2.67 bits per heavy atom. The van der Waals surface area contributed by atoms with Crippen LogP contribution in [0.5, 0.6) is 5.75 Å². The van der Waals surface area contributed by atoms with Gasteiger partial charge in [0, 0.05) is 43.4 Å². The van der Waals surface area contributed by atoms with Gasteiger partial charge in [-0.15, -0.1) is 12.4 Å². The van der Waals surface area contributed by atoms with Crippen molar-refractivity contribution in [1.82, 2.24) is 19.5 Å². The van der Waals surface area contributed by atoms with E-state index < -0.39 is 0 Å². The lowest BCUT2D eigenvalue weighted by Crippen LogP contribution is -2.26. The second-order valence-electron chi connectivity index (χ2n) is 6.83. The Kier molecular flexibility index (Phi) is 5.87. The maximum Gasteiger partial charge on any atom is 0.276 e. The molecule has 0 aliphatic carbocycles. The topological polar surface area (TPSA) is 62.6 Å². The fraction of sp³-hybridized carbons (Fsp3) is 0.400. The summed E-state index contributed by atoms with van der Waals surface area (Å²) in [5, 5.41) is 3.08. The number of nitrogens with zero attached hydrogens (tertiary/aromatic N) is 3. The Balaban J connectivity index is 0.00000210. The second kappa shape index (κ2) is 8.15. The predicted octanol–water partition coefficient (Wildman–Crippen LogP) is 2.75. The van der Waals surface area contributed by atoms with Crippen LogP contribution in [-0.4, -0.2) is 39.2 Å². The highest BCUT2D eigenvalue weighted by atomic mass is 35.5. The lowest BCUT2D eigenvalue weighted by atomic mass is 10.1. The molecule has 4 rings (SSSR count). The van der Waals surface area contributed by atoms with Crippen LogP contribution in [-0.2, 0) is 19.4 Å². The molecule has 0 spiro atoms. The number of H-pyrrole nitrogens is 1. The Labute approximate surface area is 164 Å². The van der Waals surface area contributed by atoms with E-state index in [4.69, 9.17) is 9.72 Å². The first-order valence-corrected chi connectivity index (χ1v) is 9.18. The summed E-state index contributed by atoms with van der Waals surface area (Å²) in [6, 6.07) is 10.2. The molecule has 3 heterocycles. The Morgan fingerprint density at radius 2 is 1.93 bits per heavy atom. The summed E-state index contributed by atoms with van der Waals surface area (Å²) in [6.45, 7) is 7.26. The first-order valence-electron chi connectivity index (χ1n) is 9.18. The predicted molar refractivity (Wildman–Crippen MR) is 108 cm³/mol. The van der Waals surface area contributed by atoms with Crippen molar-refractivity contribution < 1.29 is 4.74 Å². The van der Waals surface area contributed by atoms with Gasteiger partial charge in [-0.05, 0) is 38.0 Å². The summed E-state index contributed by atoms with van der Waals surface area (Å²) in [5.74, 6) is 0.905. The number of aromatic nitrogens is 3. The van der Waals surface area contributed by atoms with Crippen molar-refractivity contribution >= 4 is 18.1 Å². The molecule has 0 saturated heterocycles. The molecule has 1 N–H and O–H groups in total. The van der Waals surface area contributed by atoms with Crippen molar-refractivity contribution in [3.05, 3.63) is 63.2 Å². The quantitative estimate of drug-likeness (QED) is 0.746. The summed E-state index contributed by atoms with van der Waals surface area (Å²) in [4.78, 5) is 19.9. The van der Waals surface area contributed by atoms with Gasteiger partial charge >= 0.3 is 0 Å². The molecule has 0 bridgehead atoms. The van der Waals surface area contributed by atoms with Crippen molar-refractivity contribution in [2.75, 3.05) is 19.7 Å². The Hall–Kier alpha value is -2.31. The largest absolute Gasteiger partial charge is 0.494 e. The fourth-order valence-corrected chi connectivity index (χ4v) is 3.60. The maximum absolute atomic E-state index is 12.8. The molecule has 1 aromatic carbocycles. The summed E-state index contributed by atoms with van der Waals surface area (Å²) in [7, 11) is 0. The number of aryl methyl sites for hydroxylation is 1. The van der Waals surface area contributed by atoms with Gasteiger partial charge in [-0.25, -0.2) is 9.50 Å². The second-order valence-corrected chi connectivity index (χ2v) is 6.83. The molecule has 6 nitrogen and oxygen atoms in total. The highest BCUT2D eigenvalue weighted by Gasteiger charge is 2.20. The molecule has 2 aromatic heterocycles. The number of benzene rings is 1. The molecule has 0 unspecified atom stereocenters. The molecule has 0 fully saturated rings. The van der Waals surface area contributed by atoms with Gasteiger partial charge in [-0.1, -0.05) is 12.1 Å². The summed E-state index contributed by atoms with van der Waals surface area (Å²) in [6.07, 6.45) is 1.54. The molecule has 1 aliphatic heterocycles. The van der Waals surface area contributed by atoms with Gasteiger partial charge in [-0.3, -0.25) is 14.8 Å². The number of nitrogens with one attached hydrogen (secondary N) is 1. The number of aromatic amines is 1. The molecule has 0 radical (unpaired) electrons. The van der Waals surface area contributed by atoms with Crippen molar-refractivity contribution in [2.24, 2.45) is 0 Å². The normalized spacial score (nSPS) is 14.4. The van der Waals surface area contributed by atoms with E-state index in [1.807, 2.05) is 32.0 Å². The molecule has 7 heteroatoms. The van der Waals surface area contributed by atoms with E-state index in [0.717, 1.165) is 55.2 Å². The Bertz CT molecular complexity index is 978. The van der Waals surface area contributed by atoms with Crippen LogP contribution in [0.4, 0.5) is 0 Å². The third-order valence-corrected chi connectivity index (χ3v) is 4.91. The van der Waals surface area contributed by atoms with Gasteiger partial charge < -0.3 is 4.74 Å². The average molecular weight is 389 g/mol. The van der Waals surface area contributed by atoms with Crippen LogP contribution in [0.3, 0.4) is 0 Å². The molecule has 3 aromatic rings. The van der Waals surface area contributed by atoms with E-state index in [1.54, 1.807) is 4.52 Å². The van der Waals surface area contributed by atoms with Gasteiger partial charge in [0.15, 0.2) is 5.65 Å². The fourth-order valence-electron chi connectivity index (χ4n) is 3.60. The zero-order valence-corrected chi connectivity index (χ0v) is 16.5. The third kappa shape index (κ3) is 4.01. The number of halogens is 1. The average Bonchev–Trinajstić information content (AvgIpc) is 2.89. The minimum atomic E-state index is 0. The number of hydrogen-bond donors (Lipinski definition) is 1. The number of hydrogen-bond acceptors (Lipinski definition) is 4. The number of fused-ring (bicyclic) bond motifs is 2. The smallest absolute Gasteiger partial charge is 0.276 e. The highest BCUT2D eigenvalue weighted by Crippen LogP contribution is 2.17. The standard InChI is InChI=1S/C20H24N4O2.ClH/c1-3-26-16-6-4-15(5-7-16)13-23-10-8-17-18(9-11-23)21-19-12-14(2)22-24(19)20(17)25;/h4-7,12,22H,3,8-11,13H2,1-2H3;1H. The van der Waals surface area contributed by atoms with Crippen LogP contribution in [0.1, 0.15) is 29.4 Å². The first kappa shape index (κ1) is 19.5. The van der Waals surface area contributed by atoms with E-state index in [9.17, 15) is 4.79 Å². The molecule has 1 aliphatic rings. The van der Waals surface area contributed by atoms with Crippen molar-refractivity contribution in [3.8, 4) is 5.75 Å². The maximum atomic E-state index is 12.8. The molecule has 27 heavy (non-hydrogen) atoms. The third-order valence-electron chi connectivity index (χ3n) is 4.91. The van der Waals surface area contributed by atoms with Crippen LogP contribution in [0.15, 0.2) is 35.1 Å². The van der Waals surface area contributed by atoms with Gasteiger partial charge in [0.2, 0.25) is 0 Å². The van der Waals surface area contributed by atoms with Gasteiger partial charge in [-0.2, -0.15) is 0 Å². The molecule has 0 saturated carbocycles. The Morgan fingerprint density at radius 1 is 1.19 bits per heavy atom. The van der Waals surface area contributed by atoms with Gasteiger partial charge in [0.05, 0.1) is 12.3 Å². The lowest BCUT2D eigenvalue weighted by Gasteiger charge is -2.19. The lowest BCUT2D eigenvalue weighted by molar-refractivity contribution is 0.278. The molecule has 0 amide bonds. The summed E-state index contributed by atoms with van der Waals surface area (Å²) >= 11 is 0. The van der Waals surface area contributed by atoms with E-state index >= 15 is 0 Å². The SMILES string of the molecule is CCOc1ccc(CN2CCc3nc4cc(C)[nH]n4c(=O)c3CC2)cc1.Cl. The van der Waals surface area contributed by atoms with Crippen LogP contribution in [0, 0.1) is 6.92 Å². The minimum Gasteiger partial charge on any atom is -0.494 e. The minimum absolute atomic E-state index is 0. The van der Waals surface area contributed by atoms with Crippen molar-refractivity contribution in [3.63, 3.8) is 0 Å². The van der Waals surface area contributed by atoms with Gasteiger partial charge in [0.1, 0.15) is 5.75 Å². The van der Waals surface area contributed by atoms with E-state index in [2.05, 4.69) is 22.1 Å². The molecular formula is C20H25ClN4O2. The monoisotopic (exact) mass is 388 g/mol. The zero-order valence-electron chi connectivity index (χ0n) is 15.7. The van der Waals surface area contributed by atoms with E-state index in [-0.39, 0.29) is 18.0 Å². The zero-order chi connectivity index (χ0) is 18.1. The number of ether oxygens (including phenoxy) is 1. The van der Waals surface area contributed by atoms with Crippen LogP contribution >= 0.6 is 12.4 Å². The van der Waals surface area contributed by atoms with E-state index in [0.29, 0.717) is 12.3 Å². The molecule has 144 valence electrons. The van der Waals surface area contributed by atoms with Crippen molar-refractivity contribution in [2.45, 2.75) is 33.2 Å². The van der Waals surface area contributed by atoms with Gasteiger partial charge in [0.25, 0.3) is 5.56 Å². The van der Waals surface area contributed by atoms with Crippen LogP contribution in [0.25, 0.3) is 5.65 Å². The molecule has 0 atom stereocenters. The van der Waals surface area contributed by atoms with E-state index in [1.165, 1.54) is 5.56 Å². The number of rotatable bonds is 4. The first-order chi connectivity index (χ1) is 12.6. The summed E-state index contributed by atoms with van der Waals surface area (Å²) < 4.78 is 7.07. The highest BCUT2D eigenvalue weighted by molar-refractivity contribution is 5.85. The summed E-state index contributed by atoms with van der Waals surface area (Å²) in [5.41, 5.74) is 4.76. The van der Waals surface area contributed by atoms with Crippen LogP contribution in [0.2, 0.25) is 0 Å². The molecular weight excluding hydrogens is 364 g/mol. The van der Waals surface area contributed by atoms with Crippen molar-refractivity contribution in [1.29, 1.82) is 0 Å².